The molecule has 7 nitrogen and oxygen atoms in total. The summed E-state index contributed by atoms with van der Waals surface area (Å²) in [6.07, 6.45) is 0. The predicted molar refractivity (Wildman–Crippen MR) is 95.3 cm³/mol. The Kier molecular flexibility index (Phi) is 5.55. The standard InChI is InChI=1S/C18H26N4O3/c1-14-2-3-15(19)12-16(14)18(24)22-6-4-20(5-7-22)13-17(23)21-8-10-25-11-9-21/h2-3,12H,4-11,13,19H2,1H3. The van der Waals surface area contributed by atoms with Crippen LogP contribution in [0.3, 0.4) is 0 Å². The number of morpholine rings is 1. The molecule has 0 bridgehead atoms. The summed E-state index contributed by atoms with van der Waals surface area (Å²) in [5.74, 6) is 0.165. The lowest BCUT2D eigenvalue weighted by Crippen LogP contribution is -2.52. The molecule has 0 aliphatic carbocycles. The van der Waals surface area contributed by atoms with Gasteiger partial charge in [-0.15, -0.1) is 0 Å². The highest BCUT2D eigenvalue weighted by atomic mass is 16.5. The molecular weight excluding hydrogens is 320 g/mol. The molecule has 2 N–H and O–H groups in total. The number of rotatable bonds is 3. The molecule has 2 heterocycles. The van der Waals surface area contributed by atoms with Gasteiger partial charge in [-0.25, -0.2) is 0 Å². The topological polar surface area (TPSA) is 79.1 Å². The van der Waals surface area contributed by atoms with Crippen LogP contribution >= 0.6 is 0 Å². The Hall–Kier alpha value is -2.12. The lowest BCUT2D eigenvalue weighted by atomic mass is 10.1. The van der Waals surface area contributed by atoms with Crippen LogP contribution in [0.15, 0.2) is 18.2 Å². The van der Waals surface area contributed by atoms with Gasteiger partial charge < -0.3 is 20.3 Å². The molecule has 2 aliphatic heterocycles. The fourth-order valence-corrected chi connectivity index (χ4v) is 3.25. The van der Waals surface area contributed by atoms with E-state index in [9.17, 15) is 9.59 Å². The molecule has 0 radical (unpaired) electrons. The fraction of sp³-hybridized carbons (Fsp3) is 0.556. The van der Waals surface area contributed by atoms with E-state index < -0.39 is 0 Å². The van der Waals surface area contributed by atoms with Crippen molar-refractivity contribution in [1.82, 2.24) is 14.7 Å². The monoisotopic (exact) mass is 346 g/mol. The number of nitrogen functional groups attached to an aromatic ring is 1. The highest BCUT2D eigenvalue weighted by Crippen LogP contribution is 2.16. The predicted octanol–water partition coefficient (Wildman–Crippen LogP) is 0.194. The zero-order valence-electron chi connectivity index (χ0n) is 14.7. The Labute approximate surface area is 148 Å². The third kappa shape index (κ3) is 4.29. The van der Waals surface area contributed by atoms with Crippen LogP contribution in [0, 0.1) is 6.92 Å². The van der Waals surface area contributed by atoms with Gasteiger partial charge in [0, 0.05) is 50.5 Å². The number of anilines is 1. The van der Waals surface area contributed by atoms with Crippen LogP contribution in [0.4, 0.5) is 5.69 Å². The van der Waals surface area contributed by atoms with E-state index in [2.05, 4.69) is 4.90 Å². The molecule has 3 rings (SSSR count). The van der Waals surface area contributed by atoms with Crippen molar-refractivity contribution in [2.45, 2.75) is 6.92 Å². The number of piperazine rings is 1. The van der Waals surface area contributed by atoms with Crippen LogP contribution in [0.5, 0.6) is 0 Å². The molecule has 0 atom stereocenters. The quantitative estimate of drug-likeness (QED) is 0.791. The summed E-state index contributed by atoms with van der Waals surface area (Å²) in [5, 5.41) is 0. The molecule has 2 saturated heterocycles. The molecule has 2 fully saturated rings. The van der Waals surface area contributed by atoms with E-state index in [1.165, 1.54) is 0 Å². The number of nitrogens with two attached hydrogens (primary N) is 1. The number of ether oxygens (including phenoxy) is 1. The van der Waals surface area contributed by atoms with E-state index in [-0.39, 0.29) is 11.8 Å². The van der Waals surface area contributed by atoms with Gasteiger partial charge in [-0.3, -0.25) is 14.5 Å². The van der Waals surface area contributed by atoms with Crippen molar-refractivity contribution in [2.24, 2.45) is 0 Å². The van der Waals surface area contributed by atoms with Gasteiger partial charge >= 0.3 is 0 Å². The lowest BCUT2D eigenvalue weighted by molar-refractivity contribution is -0.136. The van der Waals surface area contributed by atoms with Crippen molar-refractivity contribution < 1.29 is 14.3 Å². The van der Waals surface area contributed by atoms with E-state index in [1.54, 1.807) is 12.1 Å². The minimum atomic E-state index is 0.0176. The van der Waals surface area contributed by atoms with Crippen molar-refractivity contribution in [3.63, 3.8) is 0 Å². The third-order valence-corrected chi connectivity index (χ3v) is 4.87. The summed E-state index contributed by atoms with van der Waals surface area (Å²) in [6, 6.07) is 5.42. The van der Waals surface area contributed by atoms with Gasteiger partial charge in [0.1, 0.15) is 0 Å². The number of carbonyl (C=O) groups is 2. The number of hydrogen-bond donors (Lipinski definition) is 1. The fourth-order valence-electron chi connectivity index (χ4n) is 3.25. The largest absolute Gasteiger partial charge is 0.399 e. The second-order valence-corrected chi connectivity index (χ2v) is 6.64. The second-order valence-electron chi connectivity index (χ2n) is 6.64. The Morgan fingerprint density at radius 2 is 1.72 bits per heavy atom. The van der Waals surface area contributed by atoms with Gasteiger partial charge in [-0.05, 0) is 24.6 Å². The molecule has 0 spiro atoms. The zero-order chi connectivity index (χ0) is 17.8. The zero-order valence-corrected chi connectivity index (χ0v) is 14.7. The Morgan fingerprint density at radius 3 is 2.40 bits per heavy atom. The van der Waals surface area contributed by atoms with Gasteiger partial charge in [0.2, 0.25) is 5.91 Å². The maximum atomic E-state index is 12.7. The smallest absolute Gasteiger partial charge is 0.254 e. The molecule has 1 aromatic carbocycles. The van der Waals surface area contributed by atoms with Gasteiger partial charge in [-0.1, -0.05) is 6.07 Å². The van der Waals surface area contributed by atoms with Crippen molar-refractivity contribution in [3.8, 4) is 0 Å². The van der Waals surface area contributed by atoms with Gasteiger partial charge in [0.15, 0.2) is 0 Å². The first kappa shape index (κ1) is 17.7. The summed E-state index contributed by atoms with van der Waals surface area (Å²) in [7, 11) is 0. The van der Waals surface area contributed by atoms with Gasteiger partial charge in [0.25, 0.3) is 5.91 Å². The first-order valence-corrected chi connectivity index (χ1v) is 8.78. The molecule has 136 valence electrons. The van der Waals surface area contributed by atoms with Crippen LogP contribution in [-0.4, -0.2) is 85.5 Å². The Balaban J connectivity index is 1.52. The second kappa shape index (κ2) is 7.84. The van der Waals surface area contributed by atoms with E-state index in [0.29, 0.717) is 70.3 Å². The van der Waals surface area contributed by atoms with E-state index in [1.807, 2.05) is 22.8 Å². The number of aryl methyl sites for hydroxylation is 1. The first-order valence-electron chi connectivity index (χ1n) is 8.78. The SMILES string of the molecule is Cc1ccc(N)cc1C(=O)N1CCN(CC(=O)N2CCOCC2)CC1. The van der Waals surface area contributed by atoms with Crippen molar-refractivity contribution in [1.29, 1.82) is 0 Å². The molecule has 0 unspecified atom stereocenters. The first-order chi connectivity index (χ1) is 12.0. The highest BCUT2D eigenvalue weighted by Gasteiger charge is 2.26. The molecule has 2 aliphatic rings. The van der Waals surface area contributed by atoms with Crippen molar-refractivity contribution >= 4 is 17.5 Å². The summed E-state index contributed by atoms with van der Waals surface area (Å²) < 4.78 is 5.28. The number of carbonyl (C=O) groups excluding carboxylic acids is 2. The van der Waals surface area contributed by atoms with Gasteiger partial charge in [-0.2, -0.15) is 0 Å². The normalized spacial score (nSPS) is 19.1. The van der Waals surface area contributed by atoms with E-state index in [0.717, 1.165) is 5.56 Å². The maximum Gasteiger partial charge on any atom is 0.254 e. The minimum Gasteiger partial charge on any atom is -0.399 e. The number of nitrogens with zero attached hydrogens (tertiary/aromatic N) is 3. The van der Waals surface area contributed by atoms with Crippen LogP contribution < -0.4 is 5.73 Å². The third-order valence-electron chi connectivity index (χ3n) is 4.87. The van der Waals surface area contributed by atoms with E-state index >= 15 is 0 Å². The molecule has 0 aromatic heterocycles. The van der Waals surface area contributed by atoms with E-state index in [4.69, 9.17) is 10.5 Å². The number of amides is 2. The van der Waals surface area contributed by atoms with Crippen LogP contribution in [0.25, 0.3) is 0 Å². The molecular formula is C18H26N4O3. The molecule has 2 amide bonds. The summed E-state index contributed by atoms with van der Waals surface area (Å²) in [5.41, 5.74) is 8.01. The summed E-state index contributed by atoms with van der Waals surface area (Å²) in [6.45, 7) is 7.60. The van der Waals surface area contributed by atoms with Crippen molar-refractivity contribution in [3.05, 3.63) is 29.3 Å². The molecule has 7 heteroatoms. The Bertz CT molecular complexity index is 635. The number of hydrogen-bond acceptors (Lipinski definition) is 5. The average Bonchev–Trinajstić information content (AvgIpc) is 2.64. The molecule has 25 heavy (non-hydrogen) atoms. The molecule has 0 saturated carbocycles. The van der Waals surface area contributed by atoms with Gasteiger partial charge in [0.05, 0.1) is 19.8 Å². The van der Waals surface area contributed by atoms with Crippen LogP contribution in [0.2, 0.25) is 0 Å². The summed E-state index contributed by atoms with van der Waals surface area (Å²) >= 11 is 0. The average molecular weight is 346 g/mol. The lowest BCUT2D eigenvalue weighted by Gasteiger charge is -2.36. The van der Waals surface area contributed by atoms with Crippen LogP contribution in [-0.2, 0) is 9.53 Å². The highest BCUT2D eigenvalue weighted by molar-refractivity contribution is 5.96. The Morgan fingerprint density at radius 1 is 1.04 bits per heavy atom. The molecule has 1 aromatic rings. The minimum absolute atomic E-state index is 0.0176. The number of benzene rings is 1. The van der Waals surface area contributed by atoms with Crippen LogP contribution in [0.1, 0.15) is 15.9 Å². The van der Waals surface area contributed by atoms with Crippen molar-refractivity contribution in [2.75, 3.05) is 64.8 Å². The summed E-state index contributed by atoms with van der Waals surface area (Å²) in [4.78, 5) is 30.9. The maximum absolute atomic E-state index is 12.7.